The molecular weight excluding hydrogens is 274 g/mol. The number of carbonyl (C=O) groups excluding carboxylic acids is 1. The topological polar surface area (TPSA) is 35.6 Å². The van der Waals surface area contributed by atoms with Gasteiger partial charge in [-0.2, -0.15) is 0 Å². The highest BCUT2D eigenvalue weighted by Crippen LogP contribution is 2.32. The Morgan fingerprint density at radius 2 is 1.82 bits per heavy atom. The smallest absolute Gasteiger partial charge is 0.326 e. The van der Waals surface area contributed by atoms with Gasteiger partial charge < -0.3 is 10.2 Å². The summed E-state index contributed by atoms with van der Waals surface area (Å²) in [7, 11) is 3.99. The average molecular weight is 295 g/mol. The van der Waals surface area contributed by atoms with Crippen molar-refractivity contribution < 1.29 is 4.79 Å². The van der Waals surface area contributed by atoms with Gasteiger partial charge in [-0.25, -0.2) is 4.79 Å². The van der Waals surface area contributed by atoms with Crippen molar-refractivity contribution in [2.24, 2.45) is 0 Å². The lowest BCUT2D eigenvalue weighted by atomic mass is 10.1. The summed E-state index contributed by atoms with van der Waals surface area (Å²) in [4.78, 5) is 16.5. The normalized spacial score (nSPS) is 16.3. The Labute approximate surface area is 131 Å². The van der Waals surface area contributed by atoms with E-state index in [9.17, 15) is 4.79 Å². The van der Waals surface area contributed by atoms with E-state index in [4.69, 9.17) is 0 Å². The fraction of sp³-hybridized carbons (Fsp3) is 0.278. The SMILES string of the molecule is CC1Cc2ccccc2N1C(=O)Nc1ccc(N(C)C)cc1. The molecule has 2 aromatic carbocycles. The molecule has 2 amide bonds. The molecule has 0 radical (unpaired) electrons. The first kappa shape index (κ1) is 14.4. The second-order valence-corrected chi connectivity index (χ2v) is 5.92. The van der Waals surface area contributed by atoms with Gasteiger partial charge in [-0.05, 0) is 49.2 Å². The molecule has 1 unspecified atom stereocenters. The number of nitrogens with one attached hydrogen (secondary N) is 1. The molecule has 1 N–H and O–H groups in total. The lowest BCUT2D eigenvalue weighted by molar-refractivity contribution is 0.256. The van der Waals surface area contributed by atoms with Crippen molar-refractivity contribution in [1.29, 1.82) is 0 Å². The van der Waals surface area contributed by atoms with Gasteiger partial charge in [0.15, 0.2) is 0 Å². The third-order valence-corrected chi connectivity index (χ3v) is 4.06. The van der Waals surface area contributed by atoms with E-state index in [-0.39, 0.29) is 12.1 Å². The zero-order valence-electron chi connectivity index (χ0n) is 13.2. The van der Waals surface area contributed by atoms with Crippen molar-refractivity contribution in [3.8, 4) is 0 Å². The fourth-order valence-corrected chi connectivity index (χ4v) is 2.90. The molecular formula is C18H21N3O. The van der Waals surface area contributed by atoms with Crippen LogP contribution in [0.3, 0.4) is 0 Å². The van der Waals surface area contributed by atoms with E-state index in [0.717, 1.165) is 23.5 Å². The molecule has 3 rings (SSSR count). The maximum Gasteiger partial charge on any atom is 0.326 e. The van der Waals surface area contributed by atoms with Crippen LogP contribution in [0.5, 0.6) is 0 Å². The van der Waals surface area contributed by atoms with Gasteiger partial charge in [0.05, 0.1) is 0 Å². The summed E-state index contributed by atoms with van der Waals surface area (Å²) in [5.74, 6) is 0. The number of nitrogens with zero attached hydrogens (tertiary/aromatic N) is 2. The highest BCUT2D eigenvalue weighted by Gasteiger charge is 2.30. The standard InChI is InChI=1S/C18H21N3O/c1-13-12-14-6-4-5-7-17(14)21(13)18(22)19-15-8-10-16(11-9-15)20(2)3/h4-11,13H,12H2,1-3H3,(H,19,22). The van der Waals surface area contributed by atoms with Crippen LogP contribution in [-0.2, 0) is 6.42 Å². The van der Waals surface area contributed by atoms with Crippen LogP contribution in [0.1, 0.15) is 12.5 Å². The van der Waals surface area contributed by atoms with Crippen LogP contribution in [0.15, 0.2) is 48.5 Å². The molecule has 0 aromatic heterocycles. The first-order chi connectivity index (χ1) is 10.6. The Kier molecular flexibility index (Phi) is 3.75. The zero-order valence-corrected chi connectivity index (χ0v) is 13.2. The number of amides is 2. The number of urea groups is 1. The molecule has 1 aliphatic heterocycles. The van der Waals surface area contributed by atoms with Gasteiger partial charge in [0.25, 0.3) is 0 Å². The third kappa shape index (κ3) is 2.64. The van der Waals surface area contributed by atoms with Gasteiger partial charge in [-0.1, -0.05) is 18.2 Å². The maximum atomic E-state index is 12.6. The summed E-state index contributed by atoms with van der Waals surface area (Å²) in [5.41, 5.74) is 4.16. The minimum atomic E-state index is -0.0740. The highest BCUT2D eigenvalue weighted by molar-refractivity contribution is 6.03. The molecule has 4 heteroatoms. The molecule has 0 bridgehead atoms. The minimum Gasteiger partial charge on any atom is -0.378 e. The third-order valence-electron chi connectivity index (χ3n) is 4.06. The molecule has 114 valence electrons. The van der Waals surface area contributed by atoms with Gasteiger partial charge in [0, 0.05) is 37.2 Å². The number of benzene rings is 2. The Bertz CT molecular complexity index is 679. The Morgan fingerprint density at radius 1 is 1.14 bits per heavy atom. The summed E-state index contributed by atoms with van der Waals surface area (Å²) in [6, 6.07) is 16.1. The second kappa shape index (κ2) is 5.72. The molecule has 0 saturated carbocycles. The average Bonchev–Trinajstić information content (AvgIpc) is 2.83. The molecule has 0 saturated heterocycles. The van der Waals surface area contributed by atoms with Crippen LogP contribution in [0.4, 0.5) is 21.9 Å². The van der Waals surface area contributed by atoms with E-state index in [1.807, 2.05) is 66.4 Å². The number of anilines is 3. The van der Waals surface area contributed by atoms with Gasteiger partial charge in [-0.3, -0.25) is 4.90 Å². The molecule has 1 heterocycles. The van der Waals surface area contributed by atoms with E-state index >= 15 is 0 Å². The summed E-state index contributed by atoms with van der Waals surface area (Å²) in [6.45, 7) is 2.08. The van der Waals surface area contributed by atoms with Crippen LogP contribution >= 0.6 is 0 Å². The summed E-state index contributed by atoms with van der Waals surface area (Å²) >= 11 is 0. The predicted molar refractivity (Wildman–Crippen MR) is 91.9 cm³/mol. The largest absolute Gasteiger partial charge is 0.378 e. The number of rotatable bonds is 2. The van der Waals surface area contributed by atoms with Crippen LogP contribution < -0.4 is 15.1 Å². The Morgan fingerprint density at radius 3 is 2.50 bits per heavy atom. The van der Waals surface area contributed by atoms with E-state index < -0.39 is 0 Å². The summed E-state index contributed by atoms with van der Waals surface area (Å²) < 4.78 is 0. The van der Waals surface area contributed by atoms with Crippen LogP contribution in [-0.4, -0.2) is 26.2 Å². The first-order valence-corrected chi connectivity index (χ1v) is 7.52. The van der Waals surface area contributed by atoms with E-state index in [1.54, 1.807) is 0 Å². The van der Waals surface area contributed by atoms with Crippen molar-refractivity contribution in [2.45, 2.75) is 19.4 Å². The Hall–Kier alpha value is -2.49. The lowest BCUT2D eigenvalue weighted by Gasteiger charge is -2.23. The molecule has 1 aliphatic rings. The summed E-state index contributed by atoms with van der Waals surface area (Å²) in [5, 5.41) is 2.99. The number of hydrogen-bond acceptors (Lipinski definition) is 2. The first-order valence-electron chi connectivity index (χ1n) is 7.52. The number of fused-ring (bicyclic) bond motifs is 1. The predicted octanol–water partition coefficient (Wildman–Crippen LogP) is 3.74. The van der Waals surface area contributed by atoms with Gasteiger partial charge in [0.2, 0.25) is 0 Å². The molecule has 0 aliphatic carbocycles. The molecule has 0 fully saturated rings. The molecule has 4 nitrogen and oxygen atoms in total. The zero-order chi connectivity index (χ0) is 15.7. The van der Waals surface area contributed by atoms with Crippen molar-refractivity contribution in [2.75, 3.05) is 29.2 Å². The van der Waals surface area contributed by atoms with Gasteiger partial charge >= 0.3 is 6.03 Å². The molecule has 1 atom stereocenters. The number of hydrogen-bond donors (Lipinski definition) is 1. The Balaban J connectivity index is 1.77. The fourth-order valence-electron chi connectivity index (χ4n) is 2.90. The molecule has 0 spiro atoms. The van der Waals surface area contributed by atoms with E-state index in [1.165, 1.54) is 5.56 Å². The minimum absolute atomic E-state index is 0.0740. The quantitative estimate of drug-likeness (QED) is 0.916. The van der Waals surface area contributed by atoms with Crippen molar-refractivity contribution in [1.82, 2.24) is 0 Å². The molecule has 2 aromatic rings. The van der Waals surface area contributed by atoms with Crippen LogP contribution in [0.25, 0.3) is 0 Å². The van der Waals surface area contributed by atoms with Crippen molar-refractivity contribution in [3.05, 3.63) is 54.1 Å². The molecule has 22 heavy (non-hydrogen) atoms. The van der Waals surface area contributed by atoms with E-state index in [2.05, 4.69) is 18.3 Å². The number of carbonyl (C=O) groups is 1. The summed E-state index contributed by atoms with van der Waals surface area (Å²) in [6.07, 6.45) is 0.906. The van der Waals surface area contributed by atoms with Crippen molar-refractivity contribution in [3.63, 3.8) is 0 Å². The van der Waals surface area contributed by atoms with Crippen LogP contribution in [0, 0.1) is 0 Å². The van der Waals surface area contributed by atoms with Gasteiger partial charge in [0.1, 0.15) is 0 Å². The highest BCUT2D eigenvalue weighted by atomic mass is 16.2. The second-order valence-electron chi connectivity index (χ2n) is 5.92. The lowest BCUT2D eigenvalue weighted by Crippen LogP contribution is -2.39. The number of para-hydroxylation sites is 1. The monoisotopic (exact) mass is 295 g/mol. The maximum absolute atomic E-state index is 12.6. The van der Waals surface area contributed by atoms with Crippen molar-refractivity contribution >= 4 is 23.1 Å². The van der Waals surface area contributed by atoms with Gasteiger partial charge in [-0.15, -0.1) is 0 Å². The van der Waals surface area contributed by atoms with Crippen LogP contribution in [0.2, 0.25) is 0 Å². The van der Waals surface area contributed by atoms with E-state index in [0.29, 0.717) is 0 Å².